The minimum absolute atomic E-state index is 0.173. The molecule has 4 rings (SSSR count). The third kappa shape index (κ3) is 2.63. The number of nitrogens with zero attached hydrogens (tertiary/aromatic N) is 3. The number of hydrogen-bond acceptors (Lipinski definition) is 4. The Morgan fingerprint density at radius 1 is 1.04 bits per heavy atom. The Kier molecular flexibility index (Phi) is 3.59. The van der Waals surface area contributed by atoms with Gasteiger partial charge in [-0.1, -0.05) is 12.1 Å². The number of fused-ring (bicyclic) bond motifs is 1. The second kappa shape index (κ2) is 5.93. The molecule has 26 heavy (non-hydrogen) atoms. The van der Waals surface area contributed by atoms with Crippen LogP contribution in [0.25, 0.3) is 33.5 Å². The summed E-state index contributed by atoms with van der Waals surface area (Å²) < 4.78 is 27.5. The summed E-state index contributed by atoms with van der Waals surface area (Å²) in [7, 11) is 0. The molecule has 0 bridgehead atoms. The van der Waals surface area contributed by atoms with Gasteiger partial charge in [0.1, 0.15) is 17.5 Å². The average molecular weight is 347 g/mol. The maximum Gasteiger partial charge on any atom is 0.164 e. The Hall–Kier alpha value is -3.79. The zero-order valence-electron chi connectivity index (χ0n) is 13.3. The zero-order valence-corrected chi connectivity index (χ0v) is 13.3. The molecule has 0 aliphatic heterocycles. The number of nitrogens with one attached hydrogen (secondary N) is 1. The topological polar surface area (TPSA) is 91.4 Å². The number of nitrogens with two attached hydrogens (primary N) is 1. The molecule has 126 valence electrons. The van der Waals surface area contributed by atoms with E-state index in [1.165, 1.54) is 12.3 Å². The number of halogens is 2. The van der Waals surface area contributed by atoms with Crippen LogP contribution in [0.2, 0.25) is 0 Å². The van der Waals surface area contributed by atoms with Crippen molar-refractivity contribution in [3.8, 4) is 28.7 Å². The van der Waals surface area contributed by atoms with Gasteiger partial charge in [-0.05, 0) is 18.2 Å². The van der Waals surface area contributed by atoms with Crippen LogP contribution >= 0.6 is 0 Å². The van der Waals surface area contributed by atoms with Gasteiger partial charge in [0.15, 0.2) is 5.82 Å². The van der Waals surface area contributed by atoms with E-state index in [1.54, 1.807) is 30.3 Å². The molecule has 0 aliphatic rings. The predicted molar refractivity (Wildman–Crippen MR) is 93.8 cm³/mol. The molecule has 2 heterocycles. The second-order valence-electron chi connectivity index (χ2n) is 5.70. The smallest absolute Gasteiger partial charge is 0.164 e. The van der Waals surface area contributed by atoms with Crippen LogP contribution in [0.15, 0.2) is 48.7 Å². The van der Waals surface area contributed by atoms with Gasteiger partial charge in [-0.2, -0.15) is 5.26 Å². The maximum absolute atomic E-state index is 13.9. The first-order valence-electron chi connectivity index (χ1n) is 7.67. The van der Waals surface area contributed by atoms with E-state index in [1.807, 2.05) is 6.07 Å². The fourth-order valence-corrected chi connectivity index (χ4v) is 2.79. The molecule has 5 nitrogen and oxygen atoms in total. The normalized spacial score (nSPS) is 10.8. The van der Waals surface area contributed by atoms with Gasteiger partial charge < -0.3 is 10.7 Å². The number of nitrogen functional groups attached to an aromatic ring is 1. The summed E-state index contributed by atoms with van der Waals surface area (Å²) in [4.78, 5) is 11.4. The van der Waals surface area contributed by atoms with Crippen molar-refractivity contribution in [2.75, 3.05) is 5.73 Å². The van der Waals surface area contributed by atoms with Crippen LogP contribution in [0.5, 0.6) is 0 Å². The highest BCUT2D eigenvalue weighted by Crippen LogP contribution is 2.30. The summed E-state index contributed by atoms with van der Waals surface area (Å²) >= 11 is 0. The van der Waals surface area contributed by atoms with Gasteiger partial charge in [0.25, 0.3) is 0 Å². The van der Waals surface area contributed by atoms with Crippen LogP contribution in [-0.4, -0.2) is 15.0 Å². The molecule has 0 aliphatic carbocycles. The highest BCUT2D eigenvalue weighted by molar-refractivity contribution is 5.94. The van der Waals surface area contributed by atoms with Crippen LogP contribution in [0, 0.1) is 23.0 Å². The lowest BCUT2D eigenvalue weighted by atomic mass is 10.1. The maximum atomic E-state index is 13.9. The van der Waals surface area contributed by atoms with Gasteiger partial charge in [0.05, 0.1) is 22.8 Å². The fourth-order valence-electron chi connectivity index (χ4n) is 2.79. The van der Waals surface area contributed by atoms with E-state index in [0.29, 0.717) is 22.2 Å². The second-order valence-corrected chi connectivity index (χ2v) is 5.70. The van der Waals surface area contributed by atoms with Crippen LogP contribution < -0.4 is 5.73 Å². The van der Waals surface area contributed by atoms with Gasteiger partial charge in [-0.15, -0.1) is 0 Å². The molecule has 0 radical (unpaired) electrons. The Morgan fingerprint density at radius 3 is 2.54 bits per heavy atom. The largest absolute Gasteiger partial charge is 0.384 e. The number of rotatable bonds is 2. The van der Waals surface area contributed by atoms with Crippen LogP contribution in [-0.2, 0) is 0 Å². The molecule has 2 aromatic carbocycles. The number of aromatic amines is 1. The SMILES string of the molecule is N#Cc1ccc(-c2cc(N)nc(-c3c[nH]c4c(F)cc(F)cc34)n2)cc1. The molecule has 7 heteroatoms. The van der Waals surface area contributed by atoms with Crippen molar-refractivity contribution in [2.24, 2.45) is 0 Å². The highest BCUT2D eigenvalue weighted by atomic mass is 19.1. The van der Waals surface area contributed by atoms with Crippen molar-refractivity contribution in [2.45, 2.75) is 0 Å². The zero-order chi connectivity index (χ0) is 18.3. The minimum atomic E-state index is -0.692. The number of nitriles is 1. The third-order valence-corrected chi connectivity index (χ3v) is 4.00. The molecule has 0 saturated carbocycles. The lowest BCUT2D eigenvalue weighted by molar-refractivity contribution is 0.591. The molecule has 3 N–H and O–H groups in total. The number of benzene rings is 2. The van der Waals surface area contributed by atoms with E-state index in [4.69, 9.17) is 11.0 Å². The van der Waals surface area contributed by atoms with Gasteiger partial charge >= 0.3 is 0 Å². The molecule has 2 aromatic heterocycles. The first-order valence-corrected chi connectivity index (χ1v) is 7.67. The van der Waals surface area contributed by atoms with Crippen molar-refractivity contribution in [3.05, 3.63) is 65.9 Å². The molecular weight excluding hydrogens is 336 g/mol. The van der Waals surface area contributed by atoms with Crippen molar-refractivity contribution < 1.29 is 8.78 Å². The summed E-state index contributed by atoms with van der Waals surface area (Å²) in [5.74, 6) is -0.907. The lowest BCUT2D eigenvalue weighted by Gasteiger charge is -2.06. The fraction of sp³-hybridized carbons (Fsp3) is 0. The number of anilines is 1. The summed E-state index contributed by atoms with van der Waals surface area (Å²) in [5.41, 5.74) is 8.34. The molecule has 0 atom stereocenters. The van der Waals surface area contributed by atoms with Gasteiger partial charge in [0.2, 0.25) is 0 Å². The van der Waals surface area contributed by atoms with E-state index in [2.05, 4.69) is 15.0 Å². The Bertz CT molecular complexity index is 1170. The van der Waals surface area contributed by atoms with Crippen molar-refractivity contribution >= 4 is 16.7 Å². The Labute approximate surface area is 146 Å². The predicted octanol–water partition coefficient (Wildman–Crippen LogP) is 4.02. The quantitative estimate of drug-likeness (QED) is 0.573. The van der Waals surface area contributed by atoms with Gasteiger partial charge in [-0.25, -0.2) is 18.7 Å². The minimum Gasteiger partial charge on any atom is -0.384 e. The molecule has 4 aromatic rings. The van der Waals surface area contributed by atoms with Gasteiger partial charge in [-0.3, -0.25) is 0 Å². The lowest BCUT2D eigenvalue weighted by Crippen LogP contribution is -1.98. The summed E-state index contributed by atoms with van der Waals surface area (Å²) in [5, 5.41) is 9.23. The third-order valence-electron chi connectivity index (χ3n) is 4.00. The van der Waals surface area contributed by atoms with Crippen molar-refractivity contribution in [3.63, 3.8) is 0 Å². The standard InChI is InChI=1S/C19H11F2N5/c20-12-5-13-14(9-24-18(13)15(21)6-12)19-25-16(7-17(23)26-19)11-3-1-10(8-22)2-4-11/h1-7,9,24H,(H2,23,25,26). The molecular formula is C19H11F2N5. The van der Waals surface area contributed by atoms with E-state index in [-0.39, 0.29) is 17.2 Å². The summed E-state index contributed by atoms with van der Waals surface area (Å²) in [6.45, 7) is 0. The van der Waals surface area contributed by atoms with Crippen LogP contribution in [0.1, 0.15) is 5.56 Å². The molecule has 0 saturated heterocycles. The monoisotopic (exact) mass is 347 g/mol. The van der Waals surface area contributed by atoms with Crippen LogP contribution in [0.3, 0.4) is 0 Å². The van der Waals surface area contributed by atoms with E-state index < -0.39 is 11.6 Å². The van der Waals surface area contributed by atoms with Crippen molar-refractivity contribution in [1.82, 2.24) is 15.0 Å². The first-order chi connectivity index (χ1) is 12.5. The summed E-state index contributed by atoms with van der Waals surface area (Å²) in [6, 6.07) is 12.5. The molecule has 0 amide bonds. The average Bonchev–Trinajstić information content (AvgIpc) is 3.05. The first kappa shape index (κ1) is 15.7. The molecule has 0 fully saturated rings. The van der Waals surface area contributed by atoms with E-state index >= 15 is 0 Å². The Morgan fingerprint density at radius 2 is 1.81 bits per heavy atom. The Balaban J connectivity index is 1.88. The molecule has 0 spiro atoms. The van der Waals surface area contributed by atoms with Crippen LogP contribution in [0.4, 0.5) is 14.6 Å². The van der Waals surface area contributed by atoms with E-state index in [9.17, 15) is 8.78 Å². The van der Waals surface area contributed by atoms with Gasteiger partial charge in [0, 0.05) is 34.8 Å². The molecule has 0 unspecified atom stereocenters. The number of aromatic nitrogens is 3. The summed E-state index contributed by atoms with van der Waals surface area (Å²) in [6.07, 6.45) is 1.52. The van der Waals surface area contributed by atoms with Crippen molar-refractivity contribution in [1.29, 1.82) is 5.26 Å². The number of H-pyrrole nitrogens is 1. The highest BCUT2D eigenvalue weighted by Gasteiger charge is 2.15. The number of hydrogen-bond donors (Lipinski definition) is 2. The van der Waals surface area contributed by atoms with E-state index in [0.717, 1.165) is 11.6 Å².